The van der Waals surface area contributed by atoms with Crippen molar-refractivity contribution in [3.63, 3.8) is 0 Å². The number of anilines is 2. The van der Waals surface area contributed by atoms with Gasteiger partial charge in [-0.1, -0.05) is 14.4 Å². The van der Waals surface area contributed by atoms with Gasteiger partial charge >= 0.3 is 5.97 Å². The first-order valence-corrected chi connectivity index (χ1v) is 16.7. The number of aliphatic carboxylic acids is 1. The van der Waals surface area contributed by atoms with E-state index in [-0.39, 0.29) is 41.4 Å². The Hall–Kier alpha value is -5.71. The van der Waals surface area contributed by atoms with Gasteiger partial charge in [0, 0.05) is 35.4 Å². The number of benzene rings is 2. The van der Waals surface area contributed by atoms with E-state index in [1.807, 2.05) is 0 Å². The Labute approximate surface area is 321 Å². The van der Waals surface area contributed by atoms with Gasteiger partial charge in [0.05, 0.1) is 55.0 Å². The highest BCUT2D eigenvalue weighted by molar-refractivity contribution is 6.07. The highest BCUT2D eigenvalue weighted by Crippen LogP contribution is 2.25. The molecule has 0 saturated heterocycles. The number of aliphatic hydroxyl groups is 4. The number of nitrogen functional groups attached to an aromatic ring is 1. The molecular weight excluding hydrogens is 742 g/mol. The van der Waals surface area contributed by atoms with Gasteiger partial charge in [-0.25, -0.2) is 0 Å². The summed E-state index contributed by atoms with van der Waals surface area (Å²) in [4.78, 5) is 85.3. The number of amides is 4. The molecule has 21 nitrogen and oxygen atoms in total. The highest BCUT2D eigenvalue weighted by atomic mass is 16.4. The van der Waals surface area contributed by atoms with Crippen LogP contribution < -0.4 is 38.5 Å². The Balaban J connectivity index is 0.000000613. The molecule has 9 atom stereocenters. The quantitative estimate of drug-likeness (QED) is 0.0883. The molecular formula is C35H51N7O14. The van der Waals surface area contributed by atoms with Gasteiger partial charge in [0.15, 0.2) is 11.6 Å². The Morgan fingerprint density at radius 3 is 2.12 bits per heavy atom. The summed E-state index contributed by atoms with van der Waals surface area (Å²) >= 11 is 0. The number of carboxylic acid groups (broad SMARTS) is 1. The first kappa shape index (κ1) is 48.3. The third-order valence-electron chi connectivity index (χ3n) is 8.59. The maximum atomic E-state index is 13.1. The number of carbonyl (C=O) groups excluding carboxylic acids is 6. The SMILES string of the molecule is C.CC(C(=O)O)C(O)C(N)C(O)C(=O)c1ccc(O)cc1N.C[C@@H]1C(=O)NCC(=O)N[C@H](C)C(=O)Nc2cc(O)ccc2C(=O)C[C@@H](NC(=O)[C@@H](N)CO)[C@@H]1O. The predicted molar refractivity (Wildman–Crippen MR) is 199 cm³/mol. The summed E-state index contributed by atoms with van der Waals surface area (Å²) in [5.41, 5.74) is 16.4. The van der Waals surface area contributed by atoms with Crippen LogP contribution in [0.5, 0.6) is 11.5 Å². The van der Waals surface area contributed by atoms with E-state index in [2.05, 4.69) is 21.3 Å². The van der Waals surface area contributed by atoms with Crippen LogP contribution in [0.25, 0.3) is 0 Å². The number of Topliss-reactive ketones (excluding diaryl/α,β-unsaturated/α-hetero) is 2. The maximum absolute atomic E-state index is 13.1. The van der Waals surface area contributed by atoms with Crippen LogP contribution in [0.3, 0.4) is 0 Å². The molecule has 1 aliphatic heterocycles. The topological polar surface area (TPSA) is 387 Å². The number of carboxylic acids is 1. The van der Waals surface area contributed by atoms with Crippen molar-refractivity contribution in [3.8, 4) is 11.5 Å². The number of nitrogens with one attached hydrogen (secondary N) is 4. The van der Waals surface area contributed by atoms with E-state index >= 15 is 0 Å². The number of aromatic hydroxyl groups is 2. The molecule has 0 saturated carbocycles. The van der Waals surface area contributed by atoms with Gasteiger partial charge in [-0.2, -0.15) is 0 Å². The van der Waals surface area contributed by atoms with E-state index < -0.39 is 115 Å². The van der Waals surface area contributed by atoms with Gasteiger partial charge in [0.1, 0.15) is 29.7 Å². The summed E-state index contributed by atoms with van der Waals surface area (Å²) in [5, 5.41) is 76.9. The van der Waals surface area contributed by atoms with Crippen LogP contribution in [0.2, 0.25) is 0 Å². The number of hydrogen-bond acceptors (Lipinski definition) is 16. The zero-order valence-corrected chi connectivity index (χ0v) is 30.0. The number of nitrogens with two attached hydrogens (primary N) is 3. The van der Waals surface area contributed by atoms with Crippen molar-refractivity contribution in [3.05, 3.63) is 47.5 Å². The molecule has 310 valence electrons. The number of phenolic OH excluding ortho intramolecular Hbond substituents is 2. The second-order valence-electron chi connectivity index (χ2n) is 12.8. The first-order chi connectivity index (χ1) is 25.6. The molecule has 1 aliphatic rings. The van der Waals surface area contributed by atoms with Gasteiger partial charge in [-0.15, -0.1) is 0 Å². The van der Waals surface area contributed by atoms with E-state index in [1.54, 1.807) is 0 Å². The molecule has 2 aromatic rings. The van der Waals surface area contributed by atoms with Crippen molar-refractivity contribution in [2.45, 2.75) is 77.1 Å². The first-order valence-electron chi connectivity index (χ1n) is 16.7. The summed E-state index contributed by atoms with van der Waals surface area (Å²) in [6.45, 7) is 2.75. The minimum absolute atomic E-state index is 0. The summed E-state index contributed by atoms with van der Waals surface area (Å²) < 4.78 is 0. The fourth-order valence-electron chi connectivity index (χ4n) is 5.02. The van der Waals surface area contributed by atoms with Gasteiger partial charge in [-0.3, -0.25) is 33.6 Å². The number of phenols is 2. The Morgan fingerprint density at radius 2 is 1.55 bits per heavy atom. The maximum Gasteiger partial charge on any atom is 0.308 e. The number of rotatable bonds is 9. The van der Waals surface area contributed by atoms with Crippen LogP contribution in [-0.4, -0.2) is 133 Å². The Morgan fingerprint density at radius 1 is 0.964 bits per heavy atom. The zero-order valence-electron chi connectivity index (χ0n) is 30.0. The molecule has 4 amide bonds. The van der Waals surface area contributed by atoms with Gasteiger partial charge in [-0.05, 0) is 38.1 Å². The van der Waals surface area contributed by atoms with Crippen molar-refractivity contribution >= 4 is 52.5 Å². The zero-order chi connectivity index (χ0) is 41.9. The van der Waals surface area contributed by atoms with E-state index in [4.69, 9.17) is 27.4 Å². The van der Waals surface area contributed by atoms with E-state index in [1.165, 1.54) is 45.0 Å². The van der Waals surface area contributed by atoms with Crippen molar-refractivity contribution in [2.75, 3.05) is 24.2 Å². The molecule has 3 rings (SSSR count). The minimum Gasteiger partial charge on any atom is -0.508 e. The average Bonchev–Trinajstić information content (AvgIpc) is 3.13. The molecule has 4 unspecified atom stereocenters. The van der Waals surface area contributed by atoms with Crippen LogP contribution in [0.4, 0.5) is 11.4 Å². The fraction of sp³-hybridized carbons (Fsp3) is 0.457. The summed E-state index contributed by atoms with van der Waals surface area (Å²) in [7, 11) is 0. The molecule has 0 spiro atoms. The molecule has 2 aromatic carbocycles. The number of aliphatic hydroxyl groups excluding tert-OH is 4. The minimum atomic E-state index is -1.83. The van der Waals surface area contributed by atoms with E-state index in [0.717, 1.165) is 12.1 Å². The van der Waals surface area contributed by atoms with Gasteiger partial charge < -0.3 is 74.2 Å². The van der Waals surface area contributed by atoms with Crippen molar-refractivity contribution in [1.82, 2.24) is 16.0 Å². The van der Waals surface area contributed by atoms with E-state index in [0.29, 0.717) is 0 Å². The molecule has 56 heavy (non-hydrogen) atoms. The van der Waals surface area contributed by atoms with Crippen LogP contribution >= 0.6 is 0 Å². The lowest BCUT2D eigenvalue weighted by molar-refractivity contribution is -0.146. The average molecular weight is 794 g/mol. The van der Waals surface area contributed by atoms with E-state index in [9.17, 15) is 59.1 Å². The number of fused-ring (bicyclic) bond motifs is 1. The monoisotopic (exact) mass is 793 g/mol. The molecule has 0 bridgehead atoms. The van der Waals surface area contributed by atoms with Crippen LogP contribution in [0.1, 0.15) is 55.3 Å². The number of hydrogen-bond donors (Lipinski definition) is 14. The Kier molecular flexibility index (Phi) is 18.5. The third-order valence-corrected chi connectivity index (χ3v) is 8.59. The second-order valence-corrected chi connectivity index (χ2v) is 12.8. The Bertz CT molecular complexity index is 1760. The molecule has 0 radical (unpaired) electrons. The molecule has 17 N–H and O–H groups in total. The molecule has 1 heterocycles. The predicted octanol–water partition coefficient (Wildman–Crippen LogP) is -3.10. The fourth-order valence-corrected chi connectivity index (χ4v) is 5.02. The van der Waals surface area contributed by atoms with Crippen LogP contribution in [0, 0.1) is 11.8 Å². The molecule has 0 aliphatic carbocycles. The molecule has 0 fully saturated rings. The van der Waals surface area contributed by atoms with Gasteiger partial charge in [0.25, 0.3) is 0 Å². The smallest absolute Gasteiger partial charge is 0.308 e. The molecule has 21 heteroatoms. The lowest BCUT2D eigenvalue weighted by Crippen LogP contribution is -2.55. The normalized spacial score (nSPS) is 21.8. The second kappa shape index (κ2) is 21.4. The molecule has 0 aromatic heterocycles. The summed E-state index contributed by atoms with van der Waals surface area (Å²) in [5.74, 6) is -8.60. The van der Waals surface area contributed by atoms with Crippen molar-refractivity contribution in [1.29, 1.82) is 0 Å². The van der Waals surface area contributed by atoms with Crippen molar-refractivity contribution in [2.24, 2.45) is 23.3 Å². The van der Waals surface area contributed by atoms with Crippen LogP contribution in [-0.2, 0) is 24.0 Å². The number of carbonyl (C=O) groups is 7. The van der Waals surface area contributed by atoms with Crippen molar-refractivity contribution < 1.29 is 69.3 Å². The third kappa shape index (κ3) is 13.0. The standard InChI is InChI=1S/C21H29N5O8.C13H18N2O6.CH4/c1-9-18(31)15(26-21(34)13(22)8-27)6-16(29)12-4-3-11(28)5-14(12)25-20(33)10(2)24-17(30)7-23-19(9)32;1-5(13(20)21)10(17)9(15)12(19)11(18)7-3-2-6(16)4-8(7)14;/h3-5,9-10,13,15,18,27-28,31H,6-8,22H2,1-2H3,(H,23,32)(H,24,30)(H,25,33)(H,26,34);2-5,9-10,12,16-17,19H,14-15H2,1H3,(H,20,21);1H4/t9-,10+,13-,15+,18+;;/m0../s1. The van der Waals surface area contributed by atoms with Crippen LogP contribution in [0.15, 0.2) is 36.4 Å². The summed E-state index contributed by atoms with van der Waals surface area (Å²) in [6, 6.07) is 1.95. The lowest BCUT2D eigenvalue weighted by Gasteiger charge is -2.28. The largest absolute Gasteiger partial charge is 0.508 e. The summed E-state index contributed by atoms with van der Waals surface area (Å²) in [6.07, 6.45) is -5.53. The lowest BCUT2D eigenvalue weighted by atomic mass is 9.90. The number of ketones is 2. The van der Waals surface area contributed by atoms with Gasteiger partial charge in [0.2, 0.25) is 23.6 Å². The highest BCUT2D eigenvalue weighted by Gasteiger charge is 2.36.